The number of hydrogen-bond acceptors (Lipinski definition) is 2. The predicted octanol–water partition coefficient (Wildman–Crippen LogP) is 3.54. The molecule has 1 rings (SSSR count). The zero-order valence-electron chi connectivity index (χ0n) is 11.0. The van der Waals surface area contributed by atoms with Crippen molar-refractivity contribution < 1.29 is 9.22 Å². The van der Waals surface area contributed by atoms with Crippen LogP contribution in [0.5, 0.6) is 0 Å². The first-order valence-corrected chi connectivity index (χ1v) is 9.66. The molecule has 0 aromatic heterocycles. The summed E-state index contributed by atoms with van der Waals surface area (Å²) in [6.45, 7) is 8.65. The maximum absolute atomic E-state index is 11.4. The molecule has 0 N–H and O–H groups in total. The fraction of sp³-hybridized carbons (Fsp3) is 0.769. The summed E-state index contributed by atoms with van der Waals surface area (Å²) < 4.78 is 5.90. The highest BCUT2D eigenvalue weighted by Crippen LogP contribution is 2.24. The van der Waals surface area contributed by atoms with Gasteiger partial charge in [-0.3, -0.25) is 4.79 Å². The van der Waals surface area contributed by atoms with Gasteiger partial charge in [0.05, 0.1) is 6.10 Å². The third-order valence-corrected chi connectivity index (χ3v) is 3.88. The average molecular weight is 240 g/mol. The lowest BCUT2D eigenvalue weighted by Crippen LogP contribution is -2.29. The highest BCUT2D eigenvalue weighted by molar-refractivity contribution is 6.69. The fourth-order valence-electron chi connectivity index (χ4n) is 2.17. The van der Waals surface area contributed by atoms with Gasteiger partial charge in [-0.2, -0.15) is 0 Å². The quantitative estimate of drug-likeness (QED) is 0.543. The third kappa shape index (κ3) is 5.08. The molecule has 2 unspecified atom stereocenters. The topological polar surface area (TPSA) is 26.3 Å². The van der Waals surface area contributed by atoms with Crippen molar-refractivity contribution >= 4 is 14.1 Å². The summed E-state index contributed by atoms with van der Waals surface area (Å²) in [6.07, 6.45) is 8.26. The van der Waals surface area contributed by atoms with Crippen LogP contribution in [-0.4, -0.2) is 20.2 Å². The van der Waals surface area contributed by atoms with E-state index in [0.29, 0.717) is 5.78 Å². The second-order valence-electron chi connectivity index (χ2n) is 5.65. The van der Waals surface area contributed by atoms with Crippen molar-refractivity contribution in [3.8, 4) is 0 Å². The van der Waals surface area contributed by atoms with Crippen LogP contribution in [0.1, 0.15) is 32.6 Å². The van der Waals surface area contributed by atoms with E-state index in [-0.39, 0.29) is 12.0 Å². The lowest BCUT2D eigenvalue weighted by Gasteiger charge is -2.21. The highest BCUT2D eigenvalue weighted by atomic mass is 28.4. The Hall–Kier alpha value is -0.413. The SMILES string of the molecule is CC(/C=C/CC1CCCC1=O)O[Si](C)(C)C. The van der Waals surface area contributed by atoms with Crippen LogP contribution in [0.4, 0.5) is 0 Å². The summed E-state index contributed by atoms with van der Waals surface area (Å²) in [5.74, 6) is 0.735. The molecule has 0 amide bonds. The largest absolute Gasteiger partial charge is 0.412 e. The molecule has 0 aromatic rings. The maximum Gasteiger partial charge on any atom is 0.184 e. The Morgan fingerprint density at radius 3 is 2.69 bits per heavy atom. The van der Waals surface area contributed by atoms with Crippen LogP contribution in [0.3, 0.4) is 0 Å². The van der Waals surface area contributed by atoms with Gasteiger partial charge in [0.25, 0.3) is 0 Å². The highest BCUT2D eigenvalue weighted by Gasteiger charge is 2.22. The fourth-order valence-corrected chi connectivity index (χ4v) is 3.36. The molecule has 0 aliphatic heterocycles. The average Bonchev–Trinajstić information content (AvgIpc) is 2.48. The molecule has 3 heteroatoms. The summed E-state index contributed by atoms with van der Waals surface area (Å²) in [6, 6.07) is 0. The Morgan fingerprint density at radius 1 is 1.50 bits per heavy atom. The minimum Gasteiger partial charge on any atom is -0.412 e. The molecule has 1 fully saturated rings. The molecule has 92 valence electrons. The van der Waals surface area contributed by atoms with Crippen LogP contribution in [0.15, 0.2) is 12.2 Å². The second-order valence-corrected chi connectivity index (χ2v) is 10.1. The summed E-state index contributed by atoms with van der Waals surface area (Å²) >= 11 is 0. The lowest BCUT2D eigenvalue weighted by atomic mass is 10.0. The first-order valence-electron chi connectivity index (χ1n) is 6.25. The van der Waals surface area contributed by atoms with Gasteiger partial charge in [-0.15, -0.1) is 0 Å². The van der Waals surface area contributed by atoms with Gasteiger partial charge in [0, 0.05) is 12.3 Å². The van der Waals surface area contributed by atoms with Gasteiger partial charge in [0.15, 0.2) is 8.32 Å². The molecule has 2 nitrogen and oxygen atoms in total. The molecule has 0 radical (unpaired) electrons. The number of hydrogen-bond donors (Lipinski definition) is 0. The molecule has 0 bridgehead atoms. The van der Waals surface area contributed by atoms with E-state index in [1.54, 1.807) is 0 Å². The van der Waals surface area contributed by atoms with Gasteiger partial charge < -0.3 is 4.43 Å². The number of ketones is 1. The molecule has 0 saturated heterocycles. The number of allylic oxidation sites excluding steroid dienone is 1. The van der Waals surface area contributed by atoms with Crippen LogP contribution >= 0.6 is 0 Å². The van der Waals surface area contributed by atoms with E-state index in [4.69, 9.17) is 4.43 Å². The van der Waals surface area contributed by atoms with Gasteiger partial charge in [0.1, 0.15) is 5.78 Å². The van der Waals surface area contributed by atoms with Gasteiger partial charge in [0.2, 0.25) is 0 Å². The molecule has 1 saturated carbocycles. The van der Waals surface area contributed by atoms with Crippen molar-refractivity contribution in [3.05, 3.63) is 12.2 Å². The Labute approximate surface area is 100 Å². The summed E-state index contributed by atoms with van der Waals surface area (Å²) in [5, 5.41) is 0. The van der Waals surface area contributed by atoms with E-state index >= 15 is 0 Å². The van der Waals surface area contributed by atoms with Crippen molar-refractivity contribution in [2.24, 2.45) is 5.92 Å². The molecule has 0 heterocycles. The van der Waals surface area contributed by atoms with Crippen molar-refractivity contribution in [2.75, 3.05) is 0 Å². The van der Waals surface area contributed by atoms with Crippen molar-refractivity contribution in [1.29, 1.82) is 0 Å². The van der Waals surface area contributed by atoms with Crippen LogP contribution in [-0.2, 0) is 9.22 Å². The van der Waals surface area contributed by atoms with E-state index < -0.39 is 8.32 Å². The number of Topliss-reactive ketones (excluding diaryl/α,β-unsaturated/α-hetero) is 1. The smallest absolute Gasteiger partial charge is 0.184 e. The van der Waals surface area contributed by atoms with E-state index in [2.05, 4.69) is 38.7 Å². The van der Waals surface area contributed by atoms with Gasteiger partial charge in [-0.05, 0) is 45.8 Å². The summed E-state index contributed by atoms with van der Waals surface area (Å²) in [4.78, 5) is 11.4. The molecule has 1 aliphatic carbocycles. The van der Waals surface area contributed by atoms with E-state index in [9.17, 15) is 4.79 Å². The Morgan fingerprint density at radius 2 is 2.19 bits per heavy atom. The van der Waals surface area contributed by atoms with Crippen LogP contribution < -0.4 is 0 Å². The molecule has 2 atom stereocenters. The van der Waals surface area contributed by atoms with E-state index in [1.807, 2.05) is 0 Å². The molecule has 16 heavy (non-hydrogen) atoms. The molecular weight excluding hydrogens is 216 g/mol. The first kappa shape index (κ1) is 13.7. The third-order valence-electron chi connectivity index (χ3n) is 2.80. The maximum atomic E-state index is 11.4. The second kappa shape index (κ2) is 5.78. The van der Waals surface area contributed by atoms with E-state index in [0.717, 1.165) is 25.7 Å². The van der Waals surface area contributed by atoms with Gasteiger partial charge >= 0.3 is 0 Å². The minimum atomic E-state index is -1.43. The van der Waals surface area contributed by atoms with Crippen molar-refractivity contribution in [3.63, 3.8) is 0 Å². The standard InChI is InChI=1S/C13H24O2Si/c1-11(15-16(2,3)4)7-5-8-12-9-6-10-13(12)14/h5,7,11-12H,6,8-10H2,1-4H3/b7-5+. The molecule has 1 aliphatic rings. The molecule has 0 aromatic carbocycles. The van der Waals surface area contributed by atoms with Crippen molar-refractivity contribution in [2.45, 2.75) is 58.4 Å². The van der Waals surface area contributed by atoms with Crippen molar-refractivity contribution in [1.82, 2.24) is 0 Å². The van der Waals surface area contributed by atoms with Crippen LogP contribution in [0.25, 0.3) is 0 Å². The number of carbonyl (C=O) groups excluding carboxylic acids is 1. The van der Waals surface area contributed by atoms with Gasteiger partial charge in [-0.25, -0.2) is 0 Å². The zero-order valence-corrected chi connectivity index (χ0v) is 12.0. The van der Waals surface area contributed by atoms with E-state index in [1.165, 1.54) is 0 Å². The zero-order chi connectivity index (χ0) is 12.2. The van der Waals surface area contributed by atoms with Gasteiger partial charge in [-0.1, -0.05) is 12.2 Å². The normalized spacial score (nSPS) is 24.2. The number of carbonyl (C=O) groups is 1. The van der Waals surface area contributed by atoms with Crippen LogP contribution in [0.2, 0.25) is 19.6 Å². The predicted molar refractivity (Wildman–Crippen MR) is 70.0 cm³/mol. The monoisotopic (exact) mass is 240 g/mol. The summed E-state index contributed by atoms with van der Waals surface area (Å²) in [5.41, 5.74) is 0. The minimum absolute atomic E-state index is 0.183. The Bertz CT molecular complexity index is 266. The van der Waals surface area contributed by atoms with Crippen LogP contribution in [0, 0.1) is 5.92 Å². The summed E-state index contributed by atoms with van der Waals surface area (Å²) in [7, 11) is -1.43. The number of rotatable bonds is 5. The lowest BCUT2D eigenvalue weighted by molar-refractivity contribution is -0.120. The first-order chi connectivity index (χ1) is 7.38. The Kier molecular flexibility index (Phi) is 4.93. The Balaban J connectivity index is 2.28. The molecular formula is C13H24O2Si. The molecule has 0 spiro atoms.